The normalized spacial score (nSPS) is 26.3. The SMILES string of the molecule is Cc1ccc(F)cc1C[C@]1(CCc2ccc(N)c(Cl)c2)C[C@]12CCN(C(=O)OC1CCCCC1)C2. The summed E-state index contributed by atoms with van der Waals surface area (Å²) < 4.78 is 20.0. The molecule has 1 aliphatic heterocycles. The first-order chi connectivity index (χ1) is 16.8. The summed E-state index contributed by atoms with van der Waals surface area (Å²) in [5.74, 6) is -0.190. The van der Waals surface area contributed by atoms with Crippen LogP contribution < -0.4 is 5.73 Å². The fourth-order valence-electron chi connectivity index (χ4n) is 6.61. The fourth-order valence-corrected chi connectivity index (χ4v) is 6.81. The summed E-state index contributed by atoms with van der Waals surface area (Å²) >= 11 is 6.28. The zero-order valence-electron chi connectivity index (χ0n) is 20.6. The summed E-state index contributed by atoms with van der Waals surface area (Å²) in [5, 5.41) is 0.584. The minimum absolute atomic E-state index is 0.0271. The van der Waals surface area contributed by atoms with Crippen LogP contribution in [0, 0.1) is 23.6 Å². The molecule has 2 aromatic carbocycles. The second kappa shape index (κ2) is 9.65. The molecule has 3 fully saturated rings. The molecule has 1 amide bonds. The highest BCUT2D eigenvalue weighted by Gasteiger charge is 2.68. The molecule has 2 N–H and O–H groups in total. The van der Waals surface area contributed by atoms with E-state index in [2.05, 4.69) is 6.92 Å². The molecule has 2 aromatic rings. The monoisotopic (exact) mass is 498 g/mol. The maximum absolute atomic E-state index is 14.1. The van der Waals surface area contributed by atoms with Crippen molar-refractivity contribution in [3.05, 3.63) is 63.9 Å². The van der Waals surface area contributed by atoms with Crippen molar-refractivity contribution < 1.29 is 13.9 Å². The molecule has 2 aliphatic carbocycles. The predicted molar refractivity (Wildman–Crippen MR) is 138 cm³/mol. The Morgan fingerprint density at radius 1 is 1.20 bits per heavy atom. The molecule has 2 atom stereocenters. The van der Waals surface area contributed by atoms with Gasteiger partial charge in [0.05, 0.1) is 10.7 Å². The number of ether oxygens (including phenoxy) is 1. The van der Waals surface area contributed by atoms with Crippen LogP contribution in [0.2, 0.25) is 5.02 Å². The molecule has 0 unspecified atom stereocenters. The Morgan fingerprint density at radius 3 is 2.77 bits per heavy atom. The Labute approximate surface area is 213 Å². The number of aryl methyl sites for hydroxylation is 2. The first-order valence-corrected chi connectivity index (χ1v) is 13.4. The van der Waals surface area contributed by atoms with Gasteiger partial charge in [-0.15, -0.1) is 0 Å². The molecular weight excluding hydrogens is 463 g/mol. The fraction of sp³-hybridized carbons (Fsp3) is 0.552. The minimum atomic E-state index is -0.190. The molecule has 0 aromatic heterocycles. The average Bonchev–Trinajstić information content (AvgIpc) is 3.20. The van der Waals surface area contributed by atoms with Gasteiger partial charge in [0, 0.05) is 13.1 Å². The maximum atomic E-state index is 14.1. The summed E-state index contributed by atoms with van der Waals surface area (Å²) in [6.45, 7) is 3.53. The van der Waals surface area contributed by atoms with Crippen molar-refractivity contribution in [2.45, 2.75) is 77.2 Å². The van der Waals surface area contributed by atoms with E-state index in [1.807, 2.05) is 29.2 Å². The predicted octanol–water partition coefficient (Wildman–Crippen LogP) is 7.10. The molecular formula is C29H36ClFN2O2. The third-order valence-electron chi connectivity index (χ3n) is 8.91. The van der Waals surface area contributed by atoms with Crippen LogP contribution in [0.3, 0.4) is 0 Å². The summed E-state index contributed by atoms with van der Waals surface area (Å²) in [7, 11) is 0. The molecule has 2 saturated carbocycles. The lowest BCUT2D eigenvalue weighted by Crippen LogP contribution is -2.34. The lowest BCUT2D eigenvalue weighted by atomic mass is 9.81. The van der Waals surface area contributed by atoms with E-state index in [1.54, 1.807) is 6.07 Å². The first-order valence-electron chi connectivity index (χ1n) is 13.0. The first kappa shape index (κ1) is 24.4. The number of anilines is 1. The van der Waals surface area contributed by atoms with Gasteiger partial charge in [-0.2, -0.15) is 0 Å². The smallest absolute Gasteiger partial charge is 0.410 e. The second-order valence-electron chi connectivity index (χ2n) is 11.2. The number of amides is 1. The van der Waals surface area contributed by atoms with E-state index in [1.165, 1.54) is 12.5 Å². The Balaban J connectivity index is 1.32. The quantitative estimate of drug-likeness (QED) is 0.432. The van der Waals surface area contributed by atoms with Crippen molar-refractivity contribution in [3.63, 3.8) is 0 Å². The summed E-state index contributed by atoms with van der Waals surface area (Å²) in [5.41, 5.74) is 9.94. The molecule has 4 nitrogen and oxygen atoms in total. The number of hydrogen-bond acceptors (Lipinski definition) is 3. The number of likely N-dealkylation sites (tertiary alicyclic amines) is 1. The minimum Gasteiger partial charge on any atom is -0.446 e. The van der Waals surface area contributed by atoms with Gasteiger partial charge >= 0.3 is 6.09 Å². The zero-order valence-corrected chi connectivity index (χ0v) is 21.4. The van der Waals surface area contributed by atoms with Gasteiger partial charge in [0.1, 0.15) is 11.9 Å². The maximum Gasteiger partial charge on any atom is 0.410 e. The average molecular weight is 499 g/mol. The van der Waals surface area contributed by atoms with E-state index in [-0.39, 0.29) is 28.8 Å². The third-order valence-corrected chi connectivity index (χ3v) is 9.23. The Bertz CT molecular complexity index is 1100. The van der Waals surface area contributed by atoms with Gasteiger partial charge in [-0.1, -0.05) is 30.2 Å². The number of rotatable bonds is 6. The number of carbonyl (C=O) groups excluding carboxylic acids is 1. The number of nitrogens with two attached hydrogens (primary N) is 1. The summed E-state index contributed by atoms with van der Waals surface area (Å²) in [6, 6.07) is 10.9. The van der Waals surface area contributed by atoms with Crippen LogP contribution >= 0.6 is 11.6 Å². The molecule has 1 spiro atoms. The zero-order chi connectivity index (χ0) is 24.6. The molecule has 1 heterocycles. The Morgan fingerprint density at radius 2 is 2.00 bits per heavy atom. The van der Waals surface area contributed by atoms with Crippen LogP contribution in [0.4, 0.5) is 14.9 Å². The van der Waals surface area contributed by atoms with Crippen molar-refractivity contribution in [2.75, 3.05) is 18.8 Å². The van der Waals surface area contributed by atoms with E-state index in [9.17, 15) is 9.18 Å². The van der Waals surface area contributed by atoms with Crippen molar-refractivity contribution >= 4 is 23.4 Å². The molecule has 3 aliphatic rings. The Kier molecular flexibility index (Phi) is 6.73. The van der Waals surface area contributed by atoms with Gasteiger partial charge < -0.3 is 15.4 Å². The lowest BCUT2D eigenvalue weighted by molar-refractivity contribution is 0.0492. The van der Waals surface area contributed by atoms with E-state index < -0.39 is 0 Å². The molecule has 0 radical (unpaired) electrons. The molecule has 5 rings (SSSR count). The van der Waals surface area contributed by atoms with Crippen molar-refractivity contribution in [1.29, 1.82) is 0 Å². The summed E-state index contributed by atoms with van der Waals surface area (Å²) in [4.78, 5) is 14.9. The highest BCUT2D eigenvalue weighted by molar-refractivity contribution is 6.33. The molecule has 0 bridgehead atoms. The second-order valence-corrected chi connectivity index (χ2v) is 11.6. The third kappa shape index (κ3) is 5.02. The van der Waals surface area contributed by atoms with Gasteiger partial charge in [-0.05, 0) is 116 Å². The van der Waals surface area contributed by atoms with Crippen LogP contribution in [-0.4, -0.2) is 30.2 Å². The van der Waals surface area contributed by atoms with E-state index in [0.29, 0.717) is 10.7 Å². The van der Waals surface area contributed by atoms with Gasteiger partial charge in [0.25, 0.3) is 0 Å². The number of nitrogen functional groups attached to an aromatic ring is 1. The molecule has 35 heavy (non-hydrogen) atoms. The van der Waals surface area contributed by atoms with Gasteiger partial charge in [-0.25, -0.2) is 9.18 Å². The lowest BCUT2D eigenvalue weighted by Gasteiger charge is -2.26. The largest absolute Gasteiger partial charge is 0.446 e. The summed E-state index contributed by atoms with van der Waals surface area (Å²) in [6.07, 6.45) is 10.1. The highest BCUT2D eigenvalue weighted by atomic mass is 35.5. The van der Waals surface area contributed by atoms with Crippen LogP contribution in [0.1, 0.15) is 68.1 Å². The van der Waals surface area contributed by atoms with Crippen LogP contribution in [-0.2, 0) is 17.6 Å². The van der Waals surface area contributed by atoms with Crippen molar-refractivity contribution in [3.8, 4) is 0 Å². The molecule has 6 heteroatoms. The van der Waals surface area contributed by atoms with E-state index in [0.717, 1.165) is 87.6 Å². The van der Waals surface area contributed by atoms with Crippen molar-refractivity contribution in [2.24, 2.45) is 10.8 Å². The number of carbonyl (C=O) groups is 1. The van der Waals surface area contributed by atoms with E-state index in [4.69, 9.17) is 22.1 Å². The van der Waals surface area contributed by atoms with E-state index >= 15 is 0 Å². The molecule has 1 saturated heterocycles. The van der Waals surface area contributed by atoms with Crippen LogP contribution in [0.15, 0.2) is 36.4 Å². The van der Waals surface area contributed by atoms with Gasteiger partial charge in [0.2, 0.25) is 0 Å². The Hall–Kier alpha value is -2.27. The number of hydrogen-bond donors (Lipinski definition) is 1. The topological polar surface area (TPSA) is 55.6 Å². The van der Waals surface area contributed by atoms with Gasteiger partial charge in [0.15, 0.2) is 0 Å². The highest BCUT2D eigenvalue weighted by Crippen LogP contribution is 2.71. The number of halogens is 2. The standard InChI is InChI=1S/C29H36ClFN2O2/c1-20-7-9-23(31)16-22(20)17-28(12-11-21-8-10-26(32)25(30)15-21)18-29(28)13-14-33(19-29)27(34)35-24-5-3-2-4-6-24/h7-10,15-16,24H,2-6,11-14,17-19,32H2,1H3/t28-,29+/m1/s1. The van der Waals surface area contributed by atoms with Crippen LogP contribution in [0.25, 0.3) is 0 Å². The number of benzene rings is 2. The van der Waals surface area contributed by atoms with Gasteiger partial charge in [-0.3, -0.25) is 0 Å². The number of nitrogens with zero attached hydrogens (tertiary/aromatic N) is 1. The molecule has 188 valence electrons. The van der Waals surface area contributed by atoms with Crippen molar-refractivity contribution in [1.82, 2.24) is 4.90 Å². The van der Waals surface area contributed by atoms with Crippen LogP contribution in [0.5, 0.6) is 0 Å².